The predicted octanol–water partition coefficient (Wildman–Crippen LogP) is 1.66. The van der Waals surface area contributed by atoms with E-state index in [1.807, 2.05) is 0 Å². The van der Waals surface area contributed by atoms with Crippen LogP contribution in [0.3, 0.4) is 0 Å². The summed E-state index contributed by atoms with van der Waals surface area (Å²) in [4.78, 5) is 7.35. The summed E-state index contributed by atoms with van der Waals surface area (Å²) < 4.78 is 29.0. The van der Waals surface area contributed by atoms with E-state index in [9.17, 15) is 13.2 Å². The zero-order chi connectivity index (χ0) is 7.82. The Hall–Kier alpha value is -1.13. The van der Waals surface area contributed by atoms with Gasteiger partial charge in [0.05, 0.1) is 0 Å². The number of rotatable bonds is 0. The topological polar surface area (TPSA) is 25.8 Å². The van der Waals surface area contributed by atoms with Crippen LogP contribution in [0.25, 0.3) is 0 Å². The van der Waals surface area contributed by atoms with Crippen LogP contribution in [-0.2, 0) is 0 Å². The van der Waals surface area contributed by atoms with Gasteiger partial charge in [-0.3, -0.25) is 0 Å². The molecule has 56 valence electrons. The molecule has 0 aliphatic carbocycles. The molecule has 1 aromatic heterocycles. The minimum Gasteiger partial charge on any atom is -0.245 e. The SMILES string of the molecule is FC(F)F.c1cncnc1. The average Bonchev–Trinajstić information content (AvgIpc) is 1.90. The van der Waals surface area contributed by atoms with Gasteiger partial charge in [0.2, 0.25) is 0 Å². The summed E-state index contributed by atoms with van der Waals surface area (Å²) >= 11 is 0. The Labute approximate surface area is 55.7 Å². The zero-order valence-corrected chi connectivity index (χ0v) is 4.92. The van der Waals surface area contributed by atoms with Gasteiger partial charge in [-0.2, -0.15) is 13.2 Å². The van der Waals surface area contributed by atoms with E-state index >= 15 is 0 Å². The normalized spacial score (nSPS) is 8.40. The van der Waals surface area contributed by atoms with Crippen molar-refractivity contribution in [1.82, 2.24) is 9.97 Å². The summed E-state index contributed by atoms with van der Waals surface area (Å²) in [5.41, 5.74) is 0. The summed E-state index contributed by atoms with van der Waals surface area (Å²) in [5, 5.41) is 0. The molecule has 0 unspecified atom stereocenters. The molecule has 0 N–H and O–H groups in total. The summed E-state index contributed by atoms with van der Waals surface area (Å²) in [6.45, 7) is -3.67. The minimum atomic E-state index is -3.67. The van der Waals surface area contributed by atoms with Crippen LogP contribution in [-0.4, -0.2) is 16.6 Å². The number of hydrogen-bond acceptors (Lipinski definition) is 2. The highest BCUT2D eigenvalue weighted by atomic mass is 19.4. The maximum Gasteiger partial charge on any atom is 0.379 e. The fourth-order valence-electron chi connectivity index (χ4n) is 0.253. The van der Waals surface area contributed by atoms with Gasteiger partial charge in [-0.1, -0.05) is 0 Å². The van der Waals surface area contributed by atoms with E-state index in [1.54, 1.807) is 18.5 Å². The number of alkyl halides is 3. The Kier molecular flexibility index (Phi) is 5.32. The molecule has 2 nitrogen and oxygen atoms in total. The van der Waals surface area contributed by atoms with Crippen LogP contribution in [0.1, 0.15) is 0 Å². The van der Waals surface area contributed by atoms with E-state index in [2.05, 4.69) is 9.97 Å². The van der Waals surface area contributed by atoms with Crippen molar-refractivity contribution in [3.63, 3.8) is 0 Å². The number of hydrogen-bond donors (Lipinski definition) is 0. The van der Waals surface area contributed by atoms with E-state index in [-0.39, 0.29) is 0 Å². The van der Waals surface area contributed by atoms with Crippen LogP contribution >= 0.6 is 0 Å². The minimum absolute atomic E-state index is 1.50. The van der Waals surface area contributed by atoms with Crippen LogP contribution in [0.2, 0.25) is 0 Å². The molecular formula is C5H5F3N2. The molecule has 1 rings (SSSR count). The van der Waals surface area contributed by atoms with Crippen LogP contribution < -0.4 is 0 Å². The molecule has 1 heterocycles. The first-order valence-corrected chi connectivity index (χ1v) is 2.35. The maximum atomic E-state index is 9.67. The quantitative estimate of drug-likeness (QED) is 0.562. The van der Waals surface area contributed by atoms with E-state index in [0.29, 0.717) is 0 Å². The highest BCUT2D eigenvalue weighted by Crippen LogP contribution is 1.87. The average molecular weight is 150 g/mol. The summed E-state index contributed by atoms with van der Waals surface area (Å²) in [7, 11) is 0. The highest BCUT2D eigenvalue weighted by Gasteiger charge is 1.86. The van der Waals surface area contributed by atoms with Crippen molar-refractivity contribution in [3.05, 3.63) is 24.8 Å². The second-order valence-corrected chi connectivity index (χ2v) is 1.15. The lowest BCUT2D eigenvalue weighted by Gasteiger charge is -1.70. The Bertz CT molecular complexity index is 115. The molecule has 0 aromatic carbocycles. The molecule has 0 atom stereocenters. The molecule has 10 heavy (non-hydrogen) atoms. The number of aromatic nitrogens is 2. The van der Waals surface area contributed by atoms with Crippen LogP contribution in [0.5, 0.6) is 0 Å². The molecule has 0 aliphatic rings. The maximum absolute atomic E-state index is 9.67. The number of halogens is 3. The molecule has 0 radical (unpaired) electrons. The highest BCUT2D eigenvalue weighted by molar-refractivity contribution is 4.74. The summed E-state index contributed by atoms with van der Waals surface area (Å²) in [5.74, 6) is 0. The van der Waals surface area contributed by atoms with Gasteiger partial charge in [-0.05, 0) is 6.07 Å². The van der Waals surface area contributed by atoms with Crippen molar-refractivity contribution in [2.45, 2.75) is 6.68 Å². The molecule has 5 heteroatoms. The van der Waals surface area contributed by atoms with Crippen molar-refractivity contribution < 1.29 is 13.2 Å². The van der Waals surface area contributed by atoms with Gasteiger partial charge in [0.15, 0.2) is 0 Å². The standard InChI is InChI=1S/C4H4N2.CHF3/c1-2-5-4-6-3-1;2-1(3)4/h1-4H;1H. The molecule has 1 aromatic rings. The Morgan fingerprint density at radius 1 is 1.00 bits per heavy atom. The van der Waals surface area contributed by atoms with Crippen molar-refractivity contribution >= 4 is 0 Å². The first kappa shape index (κ1) is 8.87. The molecule has 0 spiro atoms. The monoisotopic (exact) mass is 150 g/mol. The Morgan fingerprint density at radius 2 is 1.40 bits per heavy atom. The van der Waals surface area contributed by atoms with Gasteiger partial charge in [0, 0.05) is 12.4 Å². The van der Waals surface area contributed by atoms with Gasteiger partial charge in [-0.25, -0.2) is 9.97 Å². The third-order valence-electron chi connectivity index (χ3n) is 0.478. The van der Waals surface area contributed by atoms with Gasteiger partial charge >= 0.3 is 6.68 Å². The van der Waals surface area contributed by atoms with Crippen LogP contribution in [0, 0.1) is 0 Å². The van der Waals surface area contributed by atoms with E-state index in [1.165, 1.54) is 6.33 Å². The van der Waals surface area contributed by atoms with Crippen molar-refractivity contribution in [2.24, 2.45) is 0 Å². The lowest BCUT2D eigenvalue weighted by Crippen LogP contribution is -1.66. The van der Waals surface area contributed by atoms with E-state index < -0.39 is 6.68 Å². The molecule has 0 amide bonds. The third kappa shape index (κ3) is 9.98. The third-order valence-corrected chi connectivity index (χ3v) is 0.478. The fraction of sp³-hybridized carbons (Fsp3) is 0.200. The van der Waals surface area contributed by atoms with Crippen LogP contribution in [0.4, 0.5) is 13.2 Å². The van der Waals surface area contributed by atoms with Crippen molar-refractivity contribution in [3.8, 4) is 0 Å². The Morgan fingerprint density at radius 3 is 1.50 bits per heavy atom. The second-order valence-electron chi connectivity index (χ2n) is 1.15. The van der Waals surface area contributed by atoms with Gasteiger partial charge in [-0.15, -0.1) is 0 Å². The molecule has 0 saturated heterocycles. The summed E-state index contributed by atoms with van der Waals surface area (Å²) in [6.07, 6.45) is 4.88. The smallest absolute Gasteiger partial charge is 0.245 e. The van der Waals surface area contributed by atoms with Gasteiger partial charge < -0.3 is 0 Å². The first-order chi connectivity index (χ1) is 4.73. The largest absolute Gasteiger partial charge is 0.379 e. The first-order valence-electron chi connectivity index (χ1n) is 2.35. The second kappa shape index (κ2) is 6.00. The fourth-order valence-corrected chi connectivity index (χ4v) is 0.253. The molecular weight excluding hydrogens is 145 g/mol. The molecule has 0 fully saturated rings. The molecule has 0 saturated carbocycles. The van der Waals surface area contributed by atoms with E-state index in [4.69, 9.17) is 0 Å². The van der Waals surface area contributed by atoms with Crippen molar-refractivity contribution in [2.75, 3.05) is 0 Å². The lowest BCUT2D eigenvalue weighted by molar-refractivity contribution is 0.00819. The molecule has 0 bridgehead atoms. The van der Waals surface area contributed by atoms with Crippen LogP contribution in [0.15, 0.2) is 24.8 Å². The number of nitrogens with zero attached hydrogens (tertiary/aromatic N) is 2. The summed E-state index contributed by atoms with van der Waals surface area (Å²) in [6, 6.07) is 1.78. The van der Waals surface area contributed by atoms with E-state index in [0.717, 1.165) is 0 Å². The van der Waals surface area contributed by atoms with Crippen molar-refractivity contribution in [1.29, 1.82) is 0 Å². The predicted molar refractivity (Wildman–Crippen MR) is 29.1 cm³/mol. The van der Waals surface area contributed by atoms with Gasteiger partial charge in [0.25, 0.3) is 0 Å². The zero-order valence-electron chi connectivity index (χ0n) is 4.92. The molecule has 0 aliphatic heterocycles. The van der Waals surface area contributed by atoms with Gasteiger partial charge in [0.1, 0.15) is 6.33 Å². The Balaban J connectivity index is 0.000000180. The lowest BCUT2D eigenvalue weighted by atomic mass is 10.7.